The van der Waals surface area contributed by atoms with Gasteiger partial charge in [0.15, 0.2) is 5.78 Å². The molecule has 0 saturated carbocycles. The number of anilines is 1. The first kappa shape index (κ1) is 14.1. The molecular formula is C16H16FNO2. The molecule has 0 aromatic heterocycles. The normalized spacial score (nSPS) is 10.3. The molecule has 0 amide bonds. The molecule has 0 heterocycles. The summed E-state index contributed by atoms with van der Waals surface area (Å²) in [6, 6.07) is 11.1. The lowest BCUT2D eigenvalue weighted by molar-refractivity contribution is 0.101. The second-order valence-corrected chi connectivity index (χ2v) is 4.71. The number of halogens is 1. The number of nitrogens with zero attached hydrogens (tertiary/aromatic N) is 1. The van der Waals surface area contributed by atoms with Gasteiger partial charge in [0, 0.05) is 24.7 Å². The number of phenolic OH excluding ortho intramolecular Hbond substituents is 1. The quantitative estimate of drug-likeness (QED) is 0.868. The highest BCUT2D eigenvalue weighted by molar-refractivity contribution is 5.94. The third-order valence-corrected chi connectivity index (χ3v) is 3.16. The van der Waals surface area contributed by atoms with Crippen LogP contribution in [0.15, 0.2) is 42.5 Å². The molecule has 20 heavy (non-hydrogen) atoms. The van der Waals surface area contributed by atoms with Gasteiger partial charge in [0.05, 0.1) is 5.69 Å². The number of hydrogen-bond donors (Lipinski definition) is 1. The zero-order valence-electron chi connectivity index (χ0n) is 11.4. The molecule has 0 radical (unpaired) electrons. The van der Waals surface area contributed by atoms with E-state index < -0.39 is 0 Å². The molecule has 0 spiro atoms. The highest BCUT2D eigenvalue weighted by Gasteiger charge is 2.11. The minimum absolute atomic E-state index is 0.0696. The van der Waals surface area contributed by atoms with E-state index in [1.165, 1.54) is 19.1 Å². The Hall–Kier alpha value is -2.36. The number of ketones is 1. The van der Waals surface area contributed by atoms with Crippen LogP contribution in [-0.2, 0) is 6.54 Å². The molecule has 2 aromatic carbocycles. The zero-order valence-corrected chi connectivity index (χ0v) is 11.4. The molecule has 0 aliphatic carbocycles. The van der Waals surface area contributed by atoms with E-state index in [1.54, 1.807) is 42.3 Å². The predicted molar refractivity (Wildman–Crippen MR) is 76.6 cm³/mol. The van der Waals surface area contributed by atoms with Gasteiger partial charge in [-0.25, -0.2) is 4.39 Å². The Bertz CT molecular complexity index is 640. The third-order valence-electron chi connectivity index (χ3n) is 3.16. The van der Waals surface area contributed by atoms with E-state index in [1.807, 2.05) is 0 Å². The van der Waals surface area contributed by atoms with Crippen molar-refractivity contribution in [3.8, 4) is 5.75 Å². The molecule has 4 heteroatoms. The van der Waals surface area contributed by atoms with Crippen molar-refractivity contribution in [2.24, 2.45) is 0 Å². The summed E-state index contributed by atoms with van der Waals surface area (Å²) >= 11 is 0. The topological polar surface area (TPSA) is 40.5 Å². The first-order chi connectivity index (χ1) is 9.49. The fraction of sp³-hybridized carbons (Fsp3) is 0.188. The van der Waals surface area contributed by atoms with E-state index in [4.69, 9.17) is 0 Å². The summed E-state index contributed by atoms with van der Waals surface area (Å²) in [7, 11) is 1.73. The highest BCUT2D eigenvalue weighted by atomic mass is 19.1. The third kappa shape index (κ3) is 2.96. The smallest absolute Gasteiger partial charge is 0.159 e. The number of carbonyl (C=O) groups is 1. The van der Waals surface area contributed by atoms with Crippen molar-refractivity contribution in [1.82, 2.24) is 0 Å². The summed E-state index contributed by atoms with van der Waals surface area (Å²) in [6.07, 6.45) is 0. The van der Waals surface area contributed by atoms with Gasteiger partial charge in [0.2, 0.25) is 0 Å². The summed E-state index contributed by atoms with van der Waals surface area (Å²) in [5.41, 5.74) is 1.56. The van der Waals surface area contributed by atoms with E-state index >= 15 is 0 Å². The molecule has 0 fully saturated rings. The van der Waals surface area contributed by atoms with Gasteiger partial charge in [0.25, 0.3) is 0 Å². The number of carbonyl (C=O) groups excluding carboxylic acids is 1. The van der Waals surface area contributed by atoms with Gasteiger partial charge in [0.1, 0.15) is 11.6 Å². The van der Waals surface area contributed by atoms with Crippen molar-refractivity contribution in [2.45, 2.75) is 13.5 Å². The van der Waals surface area contributed by atoms with E-state index in [0.717, 1.165) is 0 Å². The monoisotopic (exact) mass is 273 g/mol. The number of rotatable bonds is 4. The van der Waals surface area contributed by atoms with Gasteiger partial charge >= 0.3 is 0 Å². The molecule has 0 aliphatic rings. The minimum atomic E-state index is -0.322. The van der Waals surface area contributed by atoms with E-state index in [9.17, 15) is 14.3 Å². The molecule has 0 unspecified atom stereocenters. The van der Waals surface area contributed by atoms with Gasteiger partial charge in [-0.3, -0.25) is 4.79 Å². The Labute approximate surface area is 117 Å². The second-order valence-electron chi connectivity index (χ2n) is 4.71. The van der Waals surface area contributed by atoms with Gasteiger partial charge < -0.3 is 10.0 Å². The lowest BCUT2D eigenvalue weighted by Gasteiger charge is -2.20. The molecular weight excluding hydrogens is 257 g/mol. The summed E-state index contributed by atoms with van der Waals surface area (Å²) in [4.78, 5) is 13.1. The van der Waals surface area contributed by atoms with Crippen LogP contribution in [0, 0.1) is 5.82 Å². The highest BCUT2D eigenvalue weighted by Crippen LogP contribution is 2.24. The number of aromatic hydroxyl groups is 1. The van der Waals surface area contributed by atoms with Gasteiger partial charge in [-0.1, -0.05) is 12.1 Å². The molecule has 2 rings (SSSR count). The van der Waals surface area contributed by atoms with Crippen LogP contribution < -0.4 is 4.90 Å². The van der Waals surface area contributed by atoms with Crippen LogP contribution in [0.25, 0.3) is 0 Å². The van der Waals surface area contributed by atoms with Gasteiger partial charge in [-0.15, -0.1) is 0 Å². The molecule has 0 atom stereocenters. The molecule has 1 N–H and O–H groups in total. The van der Waals surface area contributed by atoms with Crippen LogP contribution in [0.3, 0.4) is 0 Å². The number of para-hydroxylation sites is 1. The maximum atomic E-state index is 13.7. The van der Waals surface area contributed by atoms with E-state index in [0.29, 0.717) is 23.4 Å². The SMILES string of the molecule is CC(=O)c1ccc(O)c(CN(C)c2ccccc2F)c1. The average Bonchev–Trinajstić information content (AvgIpc) is 2.41. The molecule has 2 aromatic rings. The van der Waals surface area contributed by atoms with Crippen LogP contribution in [0.4, 0.5) is 10.1 Å². The number of phenols is 1. The maximum absolute atomic E-state index is 13.7. The lowest BCUT2D eigenvalue weighted by atomic mass is 10.1. The van der Waals surface area contributed by atoms with Crippen LogP contribution >= 0.6 is 0 Å². The first-order valence-electron chi connectivity index (χ1n) is 6.27. The first-order valence-corrected chi connectivity index (χ1v) is 6.27. The Morgan fingerprint density at radius 1 is 1.25 bits per heavy atom. The van der Waals surface area contributed by atoms with Crippen molar-refractivity contribution in [3.63, 3.8) is 0 Å². The summed E-state index contributed by atoms with van der Waals surface area (Å²) in [5, 5.41) is 9.85. The van der Waals surface area contributed by atoms with Crippen molar-refractivity contribution in [3.05, 3.63) is 59.4 Å². The number of Topliss-reactive ketones (excluding diaryl/α,β-unsaturated/α-hetero) is 1. The lowest BCUT2D eigenvalue weighted by Crippen LogP contribution is -2.18. The Morgan fingerprint density at radius 2 is 1.95 bits per heavy atom. The molecule has 0 bridgehead atoms. The van der Waals surface area contributed by atoms with Crippen LogP contribution in [0.1, 0.15) is 22.8 Å². The van der Waals surface area contributed by atoms with Crippen molar-refractivity contribution in [1.29, 1.82) is 0 Å². The fourth-order valence-electron chi connectivity index (χ4n) is 2.03. The minimum Gasteiger partial charge on any atom is -0.508 e. The summed E-state index contributed by atoms with van der Waals surface area (Å²) in [5.74, 6) is -0.296. The van der Waals surface area contributed by atoms with Gasteiger partial charge in [-0.2, -0.15) is 0 Å². The Kier molecular flexibility index (Phi) is 4.03. The molecule has 3 nitrogen and oxygen atoms in total. The fourth-order valence-corrected chi connectivity index (χ4v) is 2.03. The predicted octanol–water partition coefficient (Wildman–Crippen LogP) is 3.37. The Morgan fingerprint density at radius 3 is 2.60 bits per heavy atom. The molecule has 0 saturated heterocycles. The van der Waals surface area contributed by atoms with E-state index in [-0.39, 0.29) is 17.3 Å². The van der Waals surface area contributed by atoms with Crippen LogP contribution in [0.5, 0.6) is 5.75 Å². The second kappa shape index (κ2) is 5.74. The largest absolute Gasteiger partial charge is 0.508 e. The van der Waals surface area contributed by atoms with E-state index in [2.05, 4.69) is 0 Å². The van der Waals surface area contributed by atoms with Gasteiger partial charge in [-0.05, 0) is 37.3 Å². The molecule has 104 valence electrons. The van der Waals surface area contributed by atoms with Crippen molar-refractivity contribution < 1.29 is 14.3 Å². The standard InChI is InChI=1S/C16H16FNO2/c1-11(19)12-7-8-16(20)13(9-12)10-18(2)15-6-4-3-5-14(15)17/h3-9,20H,10H2,1-2H3. The summed E-state index contributed by atoms with van der Waals surface area (Å²) < 4.78 is 13.7. The number of hydrogen-bond acceptors (Lipinski definition) is 3. The molecule has 0 aliphatic heterocycles. The van der Waals surface area contributed by atoms with Crippen molar-refractivity contribution in [2.75, 3.05) is 11.9 Å². The van der Waals surface area contributed by atoms with Crippen molar-refractivity contribution >= 4 is 11.5 Å². The van der Waals surface area contributed by atoms with Crippen LogP contribution in [0.2, 0.25) is 0 Å². The Balaban J connectivity index is 2.28. The number of benzene rings is 2. The maximum Gasteiger partial charge on any atom is 0.159 e. The van der Waals surface area contributed by atoms with Crippen LogP contribution in [-0.4, -0.2) is 17.9 Å². The zero-order chi connectivity index (χ0) is 14.7. The summed E-state index contributed by atoms with van der Waals surface area (Å²) in [6.45, 7) is 1.78. The average molecular weight is 273 g/mol.